The van der Waals surface area contributed by atoms with Gasteiger partial charge in [0.2, 0.25) is 0 Å². The normalized spacial score (nSPS) is 13.3. The highest BCUT2D eigenvalue weighted by molar-refractivity contribution is 7.10. The van der Waals surface area contributed by atoms with Gasteiger partial charge in [-0.05, 0) is 43.4 Å². The van der Waals surface area contributed by atoms with Gasteiger partial charge in [0.15, 0.2) is 0 Å². The van der Waals surface area contributed by atoms with E-state index in [9.17, 15) is 9.59 Å². The first-order valence-electron chi connectivity index (χ1n) is 7.00. The Hall–Kier alpha value is -2.14. The highest BCUT2D eigenvalue weighted by Gasteiger charge is 2.20. The summed E-state index contributed by atoms with van der Waals surface area (Å²) in [4.78, 5) is 25.4. The summed E-state index contributed by atoms with van der Waals surface area (Å²) in [6.07, 6.45) is 4.33. The monoisotopic (exact) mass is 300 g/mol. The molecule has 4 nitrogen and oxygen atoms in total. The Morgan fingerprint density at radius 3 is 2.48 bits per heavy atom. The summed E-state index contributed by atoms with van der Waals surface area (Å²) in [5.41, 5.74) is 7.33. The second-order valence-corrected chi connectivity index (χ2v) is 6.00. The third-order valence-corrected chi connectivity index (χ3v) is 4.72. The van der Waals surface area contributed by atoms with Crippen molar-refractivity contribution in [3.8, 4) is 0 Å². The van der Waals surface area contributed by atoms with Gasteiger partial charge in [-0.2, -0.15) is 0 Å². The first kappa shape index (κ1) is 13.8. The van der Waals surface area contributed by atoms with E-state index < -0.39 is 0 Å². The van der Waals surface area contributed by atoms with Crippen molar-refractivity contribution in [2.24, 2.45) is 0 Å². The Morgan fingerprint density at radius 1 is 0.952 bits per heavy atom. The van der Waals surface area contributed by atoms with Crippen molar-refractivity contribution in [2.45, 2.75) is 25.7 Å². The molecule has 0 bridgehead atoms. The average molecular weight is 300 g/mol. The van der Waals surface area contributed by atoms with Crippen molar-refractivity contribution in [2.75, 3.05) is 0 Å². The molecule has 1 aromatic heterocycles. The van der Waals surface area contributed by atoms with Gasteiger partial charge in [0.1, 0.15) is 0 Å². The number of hydrazine groups is 1. The molecule has 2 aromatic rings. The second kappa shape index (κ2) is 6.10. The van der Waals surface area contributed by atoms with Crippen LogP contribution in [0.25, 0.3) is 0 Å². The predicted octanol–water partition coefficient (Wildman–Crippen LogP) is 2.70. The van der Waals surface area contributed by atoms with Crippen LogP contribution in [0.15, 0.2) is 35.7 Å². The lowest BCUT2D eigenvalue weighted by molar-refractivity contribution is 0.0846. The van der Waals surface area contributed by atoms with E-state index in [4.69, 9.17) is 0 Å². The Balaban J connectivity index is 1.65. The summed E-state index contributed by atoms with van der Waals surface area (Å²) >= 11 is 1.64. The number of hydrogen-bond acceptors (Lipinski definition) is 3. The highest BCUT2D eigenvalue weighted by Crippen LogP contribution is 2.29. The zero-order valence-corrected chi connectivity index (χ0v) is 12.3. The Morgan fingerprint density at radius 2 is 1.67 bits per heavy atom. The van der Waals surface area contributed by atoms with Crippen molar-refractivity contribution in [3.05, 3.63) is 57.3 Å². The van der Waals surface area contributed by atoms with Crippen molar-refractivity contribution in [1.82, 2.24) is 10.9 Å². The lowest BCUT2D eigenvalue weighted by atomic mass is 9.96. The topological polar surface area (TPSA) is 58.2 Å². The quantitative estimate of drug-likeness (QED) is 0.838. The molecule has 5 heteroatoms. The van der Waals surface area contributed by atoms with Crippen LogP contribution in [-0.4, -0.2) is 11.8 Å². The van der Waals surface area contributed by atoms with Crippen molar-refractivity contribution >= 4 is 23.2 Å². The minimum Gasteiger partial charge on any atom is -0.267 e. The van der Waals surface area contributed by atoms with Gasteiger partial charge in [-0.25, -0.2) is 0 Å². The van der Waals surface area contributed by atoms with E-state index >= 15 is 0 Å². The lowest BCUT2D eigenvalue weighted by Crippen LogP contribution is -2.41. The Labute approximate surface area is 127 Å². The van der Waals surface area contributed by atoms with Crippen LogP contribution >= 0.6 is 11.3 Å². The molecule has 0 saturated heterocycles. The molecule has 1 aromatic carbocycles. The fourth-order valence-electron chi connectivity index (χ4n) is 2.53. The standard InChI is InChI=1S/C16H16N2O2S/c19-15(11-6-2-1-3-7-11)17-18-16(20)13-10-21-14-9-5-4-8-12(13)14/h1-3,6-7,10H,4-5,8-9H2,(H,17,19)(H,18,20). The van der Waals surface area contributed by atoms with E-state index in [1.165, 1.54) is 11.3 Å². The van der Waals surface area contributed by atoms with Gasteiger partial charge in [0.05, 0.1) is 5.56 Å². The first-order chi connectivity index (χ1) is 10.3. The van der Waals surface area contributed by atoms with Crippen LogP contribution in [0, 0.1) is 0 Å². The molecule has 0 spiro atoms. The number of benzene rings is 1. The third-order valence-electron chi connectivity index (χ3n) is 3.63. The molecule has 2 amide bonds. The lowest BCUT2D eigenvalue weighted by Gasteiger charge is -2.13. The smallest absolute Gasteiger partial charge is 0.267 e. The molecule has 21 heavy (non-hydrogen) atoms. The van der Waals surface area contributed by atoms with E-state index in [-0.39, 0.29) is 11.8 Å². The SMILES string of the molecule is O=C(NNC(=O)c1csc2c1CCCC2)c1ccccc1. The molecule has 1 aliphatic carbocycles. The Kier molecular flexibility index (Phi) is 4.01. The maximum absolute atomic E-state index is 12.2. The number of aryl methyl sites for hydroxylation is 1. The first-order valence-corrected chi connectivity index (χ1v) is 7.88. The van der Waals surface area contributed by atoms with Gasteiger partial charge in [-0.15, -0.1) is 11.3 Å². The summed E-state index contributed by atoms with van der Waals surface area (Å²) in [6.45, 7) is 0. The van der Waals surface area contributed by atoms with Crippen LogP contribution in [0.4, 0.5) is 0 Å². The van der Waals surface area contributed by atoms with E-state index in [2.05, 4.69) is 10.9 Å². The van der Waals surface area contributed by atoms with Crippen LogP contribution in [0.3, 0.4) is 0 Å². The molecule has 0 saturated carbocycles. The molecule has 0 atom stereocenters. The number of hydrogen-bond donors (Lipinski definition) is 2. The maximum atomic E-state index is 12.2. The number of rotatable bonds is 2. The zero-order chi connectivity index (χ0) is 14.7. The molecular weight excluding hydrogens is 284 g/mol. The van der Waals surface area contributed by atoms with Crippen LogP contribution < -0.4 is 10.9 Å². The minimum atomic E-state index is -0.312. The summed E-state index contributed by atoms with van der Waals surface area (Å²) in [5.74, 6) is -0.549. The van der Waals surface area contributed by atoms with E-state index in [0.29, 0.717) is 11.1 Å². The molecule has 0 aliphatic heterocycles. The molecule has 0 unspecified atom stereocenters. The molecular formula is C16H16N2O2S. The number of amides is 2. The fraction of sp³-hybridized carbons (Fsp3) is 0.250. The van der Waals surface area contributed by atoms with Crippen LogP contribution in [0.1, 0.15) is 44.0 Å². The molecule has 0 fully saturated rings. The van der Waals surface area contributed by atoms with Crippen molar-refractivity contribution in [1.29, 1.82) is 0 Å². The predicted molar refractivity (Wildman–Crippen MR) is 82.3 cm³/mol. The largest absolute Gasteiger partial charge is 0.270 e. The van der Waals surface area contributed by atoms with E-state index in [1.807, 2.05) is 11.4 Å². The van der Waals surface area contributed by atoms with Crippen LogP contribution in [-0.2, 0) is 12.8 Å². The van der Waals surface area contributed by atoms with Gasteiger partial charge in [0, 0.05) is 15.8 Å². The van der Waals surface area contributed by atoms with Gasteiger partial charge in [0.25, 0.3) is 11.8 Å². The summed E-state index contributed by atoms with van der Waals surface area (Å²) in [6, 6.07) is 8.81. The Bertz CT molecular complexity index is 664. The van der Waals surface area contributed by atoms with Crippen LogP contribution in [0.5, 0.6) is 0 Å². The number of nitrogens with one attached hydrogen (secondary N) is 2. The average Bonchev–Trinajstić information content (AvgIpc) is 2.97. The molecule has 3 rings (SSSR count). The van der Waals surface area contributed by atoms with Gasteiger partial charge in [-0.1, -0.05) is 18.2 Å². The maximum Gasteiger partial charge on any atom is 0.270 e. The van der Waals surface area contributed by atoms with Crippen molar-refractivity contribution in [3.63, 3.8) is 0 Å². The number of carbonyl (C=O) groups is 2. The van der Waals surface area contributed by atoms with Crippen LogP contribution in [0.2, 0.25) is 0 Å². The van der Waals surface area contributed by atoms with Gasteiger partial charge >= 0.3 is 0 Å². The summed E-state index contributed by atoms with van der Waals surface area (Å²) in [7, 11) is 0. The molecule has 1 heterocycles. The zero-order valence-electron chi connectivity index (χ0n) is 11.5. The third kappa shape index (κ3) is 2.97. The van der Waals surface area contributed by atoms with Gasteiger partial charge in [-0.3, -0.25) is 20.4 Å². The van der Waals surface area contributed by atoms with Crippen molar-refractivity contribution < 1.29 is 9.59 Å². The number of fused-ring (bicyclic) bond motifs is 1. The number of thiophene rings is 1. The summed E-state index contributed by atoms with van der Waals surface area (Å²) in [5, 5.41) is 1.89. The van der Waals surface area contributed by atoms with E-state index in [0.717, 1.165) is 24.8 Å². The fourth-order valence-corrected chi connectivity index (χ4v) is 3.65. The minimum absolute atomic E-state index is 0.237. The van der Waals surface area contributed by atoms with E-state index in [1.54, 1.807) is 35.6 Å². The molecule has 1 aliphatic rings. The highest BCUT2D eigenvalue weighted by atomic mass is 32.1. The molecule has 108 valence electrons. The molecule has 2 N–H and O–H groups in total. The number of carbonyl (C=O) groups excluding carboxylic acids is 2. The molecule has 0 radical (unpaired) electrons. The summed E-state index contributed by atoms with van der Waals surface area (Å²) < 4.78 is 0. The van der Waals surface area contributed by atoms with Gasteiger partial charge < -0.3 is 0 Å². The second-order valence-electron chi connectivity index (χ2n) is 5.03.